The molecule has 4 rings (SSSR count). The molecule has 0 unspecified atom stereocenters. The summed E-state index contributed by atoms with van der Waals surface area (Å²) in [5.41, 5.74) is 2.23. The van der Waals surface area contributed by atoms with Crippen LogP contribution in [0.4, 0.5) is 0 Å². The summed E-state index contributed by atoms with van der Waals surface area (Å²) in [6.45, 7) is 8.41. The topological polar surface area (TPSA) is 70.9 Å². The normalized spacial score (nSPS) is 19.7. The summed E-state index contributed by atoms with van der Waals surface area (Å²) in [7, 11) is 3.37. The third kappa shape index (κ3) is 4.55. The summed E-state index contributed by atoms with van der Waals surface area (Å²) in [6, 6.07) is 16.3. The first-order valence-corrected chi connectivity index (χ1v) is 10.9. The maximum absolute atomic E-state index is 5.82. The van der Waals surface area contributed by atoms with Gasteiger partial charge in [0.2, 0.25) is 5.82 Å². The van der Waals surface area contributed by atoms with E-state index in [2.05, 4.69) is 40.6 Å². The Morgan fingerprint density at radius 3 is 2.42 bits per heavy atom. The third-order valence-electron chi connectivity index (χ3n) is 6.24. The predicted molar refractivity (Wildman–Crippen MR) is 117 cm³/mol. The average Bonchev–Trinajstić information content (AvgIpc) is 3.27. The number of quaternary nitrogens is 2. The van der Waals surface area contributed by atoms with E-state index in [1.54, 1.807) is 19.1 Å². The largest absolute Gasteiger partial charge is 0.493 e. The molecule has 2 N–H and O–H groups in total. The predicted octanol–water partition coefficient (Wildman–Crippen LogP) is -0.369. The Bertz CT molecular complexity index is 969. The molecule has 8 nitrogen and oxygen atoms in total. The molecule has 8 heteroatoms. The van der Waals surface area contributed by atoms with Crippen LogP contribution < -0.4 is 19.3 Å². The molecule has 1 aromatic heterocycles. The minimum atomic E-state index is -0.0397. The van der Waals surface area contributed by atoms with Gasteiger partial charge in [-0.15, -0.1) is 5.10 Å². The van der Waals surface area contributed by atoms with E-state index in [9.17, 15) is 0 Å². The number of ether oxygens (including phenoxy) is 2. The van der Waals surface area contributed by atoms with E-state index in [1.165, 1.54) is 10.5 Å². The lowest BCUT2D eigenvalue weighted by atomic mass is 10.0. The van der Waals surface area contributed by atoms with Crippen molar-refractivity contribution < 1.29 is 19.3 Å². The molecule has 0 saturated carbocycles. The third-order valence-corrected chi connectivity index (χ3v) is 6.24. The van der Waals surface area contributed by atoms with Crippen LogP contribution in [0.2, 0.25) is 0 Å². The van der Waals surface area contributed by atoms with Crippen molar-refractivity contribution in [1.82, 2.24) is 20.2 Å². The van der Waals surface area contributed by atoms with E-state index < -0.39 is 0 Å². The Morgan fingerprint density at radius 1 is 0.968 bits per heavy atom. The average molecular weight is 425 g/mol. The number of nitrogens with one attached hydrogen (secondary N) is 2. The number of rotatable bonds is 8. The Balaban J connectivity index is 1.75. The van der Waals surface area contributed by atoms with Gasteiger partial charge in [-0.2, -0.15) is 0 Å². The number of likely N-dealkylation sites (N-methyl/N-ethyl adjacent to an activating group) is 1. The van der Waals surface area contributed by atoms with Gasteiger partial charge in [-0.1, -0.05) is 36.4 Å². The summed E-state index contributed by atoms with van der Waals surface area (Å²) in [5, 5.41) is 12.9. The summed E-state index contributed by atoms with van der Waals surface area (Å²) in [5.74, 6) is 2.33. The molecule has 1 aliphatic rings. The first-order chi connectivity index (χ1) is 15.2. The van der Waals surface area contributed by atoms with Crippen molar-refractivity contribution in [1.29, 1.82) is 0 Å². The fraction of sp³-hybridized carbons (Fsp3) is 0.435. The van der Waals surface area contributed by atoms with Crippen molar-refractivity contribution in [3.8, 4) is 11.5 Å². The number of methoxy groups -OCH3 is 2. The molecule has 0 bridgehead atoms. The van der Waals surface area contributed by atoms with Crippen molar-refractivity contribution in [2.45, 2.75) is 19.5 Å². The number of hydrogen-bond donors (Lipinski definition) is 2. The van der Waals surface area contributed by atoms with Gasteiger partial charge in [-0.3, -0.25) is 0 Å². The molecule has 2 aromatic carbocycles. The summed E-state index contributed by atoms with van der Waals surface area (Å²) >= 11 is 0. The van der Waals surface area contributed by atoms with Crippen LogP contribution in [0.3, 0.4) is 0 Å². The van der Waals surface area contributed by atoms with Gasteiger partial charge >= 0.3 is 0 Å². The lowest BCUT2D eigenvalue weighted by molar-refractivity contribution is -1.02. The molecular weight excluding hydrogens is 392 g/mol. The zero-order valence-corrected chi connectivity index (χ0v) is 18.5. The fourth-order valence-electron chi connectivity index (χ4n) is 4.54. The van der Waals surface area contributed by atoms with Gasteiger partial charge in [0.25, 0.3) is 0 Å². The number of hydrogen-bond acceptors (Lipinski definition) is 5. The van der Waals surface area contributed by atoms with E-state index in [0.717, 1.165) is 55.6 Å². The molecule has 3 aromatic rings. The number of nitrogens with zero attached hydrogens (tertiary/aromatic N) is 4. The molecular formula is C23H32N6O2+2. The van der Waals surface area contributed by atoms with Crippen LogP contribution in [0.1, 0.15) is 29.9 Å². The van der Waals surface area contributed by atoms with E-state index in [1.807, 2.05) is 35.0 Å². The second-order valence-corrected chi connectivity index (χ2v) is 7.96. The number of aromatic nitrogens is 4. The number of piperazine rings is 1. The molecule has 1 saturated heterocycles. The van der Waals surface area contributed by atoms with E-state index in [-0.39, 0.29) is 6.04 Å². The van der Waals surface area contributed by atoms with Gasteiger partial charge in [0.05, 0.1) is 32.9 Å². The second-order valence-electron chi connectivity index (χ2n) is 7.96. The van der Waals surface area contributed by atoms with Crippen LogP contribution in [0, 0.1) is 0 Å². The van der Waals surface area contributed by atoms with Crippen LogP contribution in [0.15, 0.2) is 48.5 Å². The van der Waals surface area contributed by atoms with Gasteiger partial charge in [-0.25, -0.2) is 4.68 Å². The first kappa shape index (κ1) is 21.3. The Kier molecular flexibility index (Phi) is 6.79. The molecule has 2 heterocycles. The fourth-order valence-corrected chi connectivity index (χ4v) is 4.54. The summed E-state index contributed by atoms with van der Waals surface area (Å²) in [4.78, 5) is 3.09. The van der Waals surface area contributed by atoms with E-state index in [0.29, 0.717) is 6.54 Å². The molecule has 1 atom stereocenters. The van der Waals surface area contributed by atoms with Crippen molar-refractivity contribution in [2.75, 3.05) is 46.9 Å². The van der Waals surface area contributed by atoms with Crippen LogP contribution in [0.25, 0.3) is 0 Å². The Labute approximate surface area is 183 Å². The van der Waals surface area contributed by atoms with Gasteiger partial charge < -0.3 is 19.3 Å². The van der Waals surface area contributed by atoms with Gasteiger partial charge in [0, 0.05) is 0 Å². The quantitative estimate of drug-likeness (QED) is 0.517. The minimum absolute atomic E-state index is 0.0397. The lowest BCUT2D eigenvalue weighted by Gasteiger charge is -2.34. The smallest absolute Gasteiger partial charge is 0.214 e. The number of tetrazole rings is 1. The van der Waals surface area contributed by atoms with Gasteiger partial charge in [-0.05, 0) is 35.0 Å². The number of benzene rings is 2. The molecule has 164 valence electrons. The highest BCUT2D eigenvalue weighted by atomic mass is 16.5. The maximum atomic E-state index is 5.82. The lowest BCUT2D eigenvalue weighted by Crippen LogP contribution is -3.28. The molecule has 0 radical (unpaired) electrons. The SMILES string of the molecule is CC[NH+]1CC[NH+]([C@@H](c2cccc(OC)c2OC)c2nnnn2Cc2ccccc2)CC1. The molecule has 1 fully saturated rings. The first-order valence-electron chi connectivity index (χ1n) is 10.9. The Morgan fingerprint density at radius 2 is 1.74 bits per heavy atom. The zero-order valence-electron chi connectivity index (χ0n) is 18.5. The van der Waals surface area contributed by atoms with Crippen LogP contribution in [0.5, 0.6) is 11.5 Å². The van der Waals surface area contributed by atoms with Crippen LogP contribution in [-0.2, 0) is 6.54 Å². The molecule has 1 aliphatic heterocycles. The van der Waals surface area contributed by atoms with Crippen molar-refractivity contribution in [3.63, 3.8) is 0 Å². The second kappa shape index (κ2) is 9.89. The number of para-hydroxylation sites is 1. The van der Waals surface area contributed by atoms with Gasteiger partial charge in [0.1, 0.15) is 26.2 Å². The molecule has 31 heavy (non-hydrogen) atoms. The van der Waals surface area contributed by atoms with E-state index in [4.69, 9.17) is 9.47 Å². The molecule has 0 spiro atoms. The van der Waals surface area contributed by atoms with Crippen molar-refractivity contribution in [3.05, 3.63) is 65.5 Å². The highest BCUT2D eigenvalue weighted by Crippen LogP contribution is 2.35. The van der Waals surface area contributed by atoms with Crippen molar-refractivity contribution >= 4 is 0 Å². The summed E-state index contributed by atoms with van der Waals surface area (Å²) < 4.78 is 13.3. The molecule has 0 amide bonds. The maximum Gasteiger partial charge on any atom is 0.214 e. The standard InChI is InChI=1S/C23H30N6O2/c1-4-27-13-15-28(16-14-27)21(19-11-8-12-20(30-2)22(19)31-3)23-24-25-26-29(23)17-18-9-6-5-7-10-18/h5-12,21H,4,13-17H2,1-3H3/p+2/t21-/m0/s1. The van der Waals surface area contributed by atoms with E-state index >= 15 is 0 Å². The summed E-state index contributed by atoms with van der Waals surface area (Å²) in [6.07, 6.45) is 0. The highest BCUT2D eigenvalue weighted by Gasteiger charge is 2.37. The molecule has 0 aliphatic carbocycles. The monoisotopic (exact) mass is 424 g/mol. The van der Waals surface area contributed by atoms with Crippen molar-refractivity contribution in [2.24, 2.45) is 0 Å². The van der Waals surface area contributed by atoms with Gasteiger partial charge in [0.15, 0.2) is 17.5 Å². The zero-order chi connectivity index (χ0) is 21.6. The Hall–Kier alpha value is -2.97. The van der Waals surface area contributed by atoms with Crippen LogP contribution in [-0.4, -0.2) is 67.2 Å². The van der Waals surface area contributed by atoms with Crippen LogP contribution >= 0.6 is 0 Å². The highest BCUT2D eigenvalue weighted by molar-refractivity contribution is 5.48. The minimum Gasteiger partial charge on any atom is -0.493 e.